The molecule has 0 fully saturated rings. The fourth-order valence-corrected chi connectivity index (χ4v) is 1.34. The van der Waals surface area contributed by atoms with Crippen LogP contribution in [-0.2, 0) is 19.3 Å². The van der Waals surface area contributed by atoms with Gasteiger partial charge in [0.2, 0.25) is 0 Å². The van der Waals surface area contributed by atoms with Crippen LogP contribution >= 0.6 is 0 Å². The van der Waals surface area contributed by atoms with Gasteiger partial charge in [0.1, 0.15) is 7.85 Å². The lowest BCUT2D eigenvalue weighted by Gasteiger charge is -2.04. The van der Waals surface area contributed by atoms with E-state index in [1.54, 1.807) is 0 Å². The summed E-state index contributed by atoms with van der Waals surface area (Å²) in [5.74, 6) is 0. The first-order valence-electron chi connectivity index (χ1n) is 4.52. The van der Waals surface area contributed by atoms with E-state index in [1.165, 1.54) is 11.1 Å². The van der Waals surface area contributed by atoms with Crippen molar-refractivity contribution < 1.29 is 5.11 Å². The van der Waals surface area contributed by atoms with Crippen molar-refractivity contribution in [3.05, 3.63) is 34.9 Å². The molecule has 0 saturated heterocycles. The molecule has 0 aliphatic carbocycles. The molecule has 2 heteroatoms. The molecule has 64 valence electrons. The summed E-state index contributed by atoms with van der Waals surface area (Å²) in [6, 6.07) is 6.34. The number of aliphatic hydroxyl groups excluding tert-OH is 1. The quantitative estimate of drug-likeness (QED) is 0.654. The molecule has 0 radical (unpaired) electrons. The molecule has 0 heterocycles. The minimum absolute atomic E-state index is 0.154. The van der Waals surface area contributed by atoms with Crippen molar-refractivity contribution in [2.75, 3.05) is 0 Å². The van der Waals surface area contributed by atoms with E-state index >= 15 is 0 Å². The highest BCUT2D eigenvalue weighted by molar-refractivity contribution is 6.08. The number of aliphatic hydroxyl groups is 1. The SMILES string of the molecule is BCc1cc(CC)cc(CO)c1. The van der Waals surface area contributed by atoms with Crippen LogP contribution in [0.2, 0.25) is 0 Å². The van der Waals surface area contributed by atoms with Crippen LogP contribution in [0.5, 0.6) is 0 Å². The maximum absolute atomic E-state index is 8.98. The van der Waals surface area contributed by atoms with Gasteiger partial charge >= 0.3 is 0 Å². The maximum Gasteiger partial charge on any atom is 0.107 e. The van der Waals surface area contributed by atoms with Crippen molar-refractivity contribution in [2.24, 2.45) is 0 Å². The first-order chi connectivity index (χ1) is 5.80. The van der Waals surface area contributed by atoms with E-state index in [0.717, 1.165) is 18.3 Å². The summed E-state index contributed by atoms with van der Waals surface area (Å²) < 4.78 is 0. The van der Waals surface area contributed by atoms with Crippen LogP contribution < -0.4 is 0 Å². The number of benzene rings is 1. The molecule has 12 heavy (non-hydrogen) atoms. The molecule has 0 aliphatic heterocycles. The highest BCUT2D eigenvalue weighted by Crippen LogP contribution is 2.10. The molecule has 0 spiro atoms. The van der Waals surface area contributed by atoms with Gasteiger partial charge in [-0.25, -0.2) is 0 Å². The van der Waals surface area contributed by atoms with Crippen LogP contribution in [0.4, 0.5) is 0 Å². The molecular formula is C10H15BO. The number of hydrogen-bond donors (Lipinski definition) is 1. The molecule has 1 rings (SSSR count). The van der Waals surface area contributed by atoms with Crippen LogP contribution in [0.15, 0.2) is 18.2 Å². The molecule has 0 saturated carbocycles. The second kappa shape index (κ2) is 4.32. The zero-order chi connectivity index (χ0) is 8.97. The van der Waals surface area contributed by atoms with Gasteiger partial charge in [0.15, 0.2) is 0 Å². The van der Waals surface area contributed by atoms with E-state index in [-0.39, 0.29) is 6.61 Å². The zero-order valence-electron chi connectivity index (χ0n) is 7.80. The minimum atomic E-state index is 0.154. The summed E-state index contributed by atoms with van der Waals surface area (Å²) in [5.41, 5.74) is 3.67. The van der Waals surface area contributed by atoms with Gasteiger partial charge in [-0.3, -0.25) is 0 Å². The van der Waals surface area contributed by atoms with Gasteiger partial charge in [0, 0.05) is 0 Å². The molecule has 0 aliphatic rings. The van der Waals surface area contributed by atoms with E-state index in [4.69, 9.17) is 5.11 Å². The Bertz CT molecular complexity index is 203. The average Bonchev–Trinajstić information content (AvgIpc) is 2.16. The predicted molar refractivity (Wildman–Crippen MR) is 54.0 cm³/mol. The molecule has 0 unspecified atom stereocenters. The predicted octanol–water partition coefficient (Wildman–Crippen LogP) is 0.874. The van der Waals surface area contributed by atoms with Gasteiger partial charge in [0.05, 0.1) is 6.61 Å². The Hall–Kier alpha value is -0.755. The molecule has 0 aromatic heterocycles. The lowest BCUT2D eigenvalue weighted by molar-refractivity contribution is 0.281. The monoisotopic (exact) mass is 162 g/mol. The summed E-state index contributed by atoms with van der Waals surface area (Å²) in [7, 11) is 2.13. The molecule has 0 amide bonds. The lowest BCUT2D eigenvalue weighted by Crippen LogP contribution is -1.92. The number of rotatable bonds is 3. The van der Waals surface area contributed by atoms with Gasteiger partial charge in [0.25, 0.3) is 0 Å². The molecule has 0 bridgehead atoms. The van der Waals surface area contributed by atoms with Gasteiger partial charge in [-0.2, -0.15) is 0 Å². The van der Waals surface area contributed by atoms with Gasteiger partial charge in [-0.15, -0.1) is 0 Å². The van der Waals surface area contributed by atoms with Crippen LogP contribution in [0.25, 0.3) is 0 Å². The summed E-state index contributed by atoms with van der Waals surface area (Å²) in [6.45, 7) is 2.29. The van der Waals surface area contributed by atoms with Crippen LogP contribution in [0.3, 0.4) is 0 Å². The summed E-state index contributed by atoms with van der Waals surface area (Å²) in [4.78, 5) is 0. The molecule has 1 aromatic rings. The van der Waals surface area contributed by atoms with Crippen molar-refractivity contribution in [1.82, 2.24) is 0 Å². The molecule has 1 aromatic carbocycles. The van der Waals surface area contributed by atoms with Crippen LogP contribution in [0.1, 0.15) is 23.6 Å². The lowest BCUT2D eigenvalue weighted by atomic mass is 9.93. The van der Waals surface area contributed by atoms with Crippen molar-refractivity contribution in [3.8, 4) is 0 Å². The van der Waals surface area contributed by atoms with Gasteiger partial charge in [-0.05, 0) is 17.5 Å². The Morgan fingerprint density at radius 1 is 1.17 bits per heavy atom. The summed E-state index contributed by atoms with van der Waals surface area (Å²) in [6.07, 6.45) is 2.08. The third kappa shape index (κ3) is 2.11. The van der Waals surface area contributed by atoms with Crippen LogP contribution in [0, 0.1) is 0 Å². The third-order valence-corrected chi connectivity index (χ3v) is 2.11. The highest BCUT2D eigenvalue weighted by atomic mass is 16.3. The molecule has 1 N–H and O–H groups in total. The summed E-state index contributed by atoms with van der Waals surface area (Å²) in [5, 5.41) is 8.98. The Kier molecular flexibility index (Phi) is 3.36. The Labute approximate surface area is 74.8 Å². The fourth-order valence-electron chi connectivity index (χ4n) is 1.34. The Morgan fingerprint density at radius 3 is 2.25 bits per heavy atom. The van der Waals surface area contributed by atoms with E-state index in [0.29, 0.717) is 0 Å². The molecule has 1 nitrogen and oxygen atoms in total. The average molecular weight is 162 g/mol. The van der Waals surface area contributed by atoms with Crippen molar-refractivity contribution in [1.29, 1.82) is 0 Å². The van der Waals surface area contributed by atoms with Gasteiger partial charge in [-0.1, -0.05) is 37.0 Å². The van der Waals surface area contributed by atoms with E-state index in [1.807, 2.05) is 0 Å². The minimum Gasteiger partial charge on any atom is -0.392 e. The first kappa shape index (κ1) is 9.33. The van der Waals surface area contributed by atoms with Crippen molar-refractivity contribution in [3.63, 3.8) is 0 Å². The topological polar surface area (TPSA) is 20.2 Å². The van der Waals surface area contributed by atoms with E-state index in [9.17, 15) is 0 Å². The van der Waals surface area contributed by atoms with Crippen molar-refractivity contribution >= 4 is 7.85 Å². The third-order valence-electron chi connectivity index (χ3n) is 2.11. The zero-order valence-corrected chi connectivity index (χ0v) is 7.80. The van der Waals surface area contributed by atoms with Gasteiger partial charge < -0.3 is 5.11 Å². The second-order valence-electron chi connectivity index (χ2n) is 3.02. The summed E-state index contributed by atoms with van der Waals surface area (Å²) >= 11 is 0. The largest absolute Gasteiger partial charge is 0.392 e. The number of hydrogen-bond acceptors (Lipinski definition) is 1. The van der Waals surface area contributed by atoms with E-state index < -0.39 is 0 Å². The molecular weight excluding hydrogens is 147 g/mol. The molecule has 0 atom stereocenters. The highest BCUT2D eigenvalue weighted by Gasteiger charge is 1.97. The smallest absolute Gasteiger partial charge is 0.107 e. The standard InChI is InChI=1S/C10H15BO/c1-2-8-3-9(6-11)5-10(4-8)7-12/h3-5,12H,2,6-7,11H2,1H3. The first-order valence-corrected chi connectivity index (χ1v) is 4.52. The Morgan fingerprint density at radius 2 is 1.75 bits per heavy atom. The van der Waals surface area contributed by atoms with Crippen molar-refractivity contribution in [2.45, 2.75) is 26.3 Å². The fraction of sp³-hybridized carbons (Fsp3) is 0.400. The normalized spacial score (nSPS) is 10.2. The maximum atomic E-state index is 8.98. The number of aryl methyl sites for hydroxylation is 1. The second-order valence-corrected chi connectivity index (χ2v) is 3.02. The Balaban J connectivity index is 3.01. The van der Waals surface area contributed by atoms with E-state index in [2.05, 4.69) is 33.0 Å². The van der Waals surface area contributed by atoms with Crippen LogP contribution in [-0.4, -0.2) is 13.0 Å².